The molecule has 0 spiro atoms. The van der Waals surface area contributed by atoms with Crippen LogP contribution in [0.4, 0.5) is 0 Å². The van der Waals surface area contributed by atoms with Gasteiger partial charge < -0.3 is 14.2 Å². The molecular formula is C14H14O6. The number of allylic oxidation sites excluding steroid dienone is 2. The number of hydrogen-bond donors (Lipinski definition) is 0. The minimum atomic E-state index is -0.544. The van der Waals surface area contributed by atoms with Gasteiger partial charge in [-0.3, -0.25) is 14.4 Å². The molecule has 0 aliphatic heterocycles. The van der Waals surface area contributed by atoms with Crippen LogP contribution in [0.2, 0.25) is 0 Å². The predicted octanol–water partition coefficient (Wildman–Crippen LogP) is 1.89. The number of carbonyl (C=O) groups excluding carboxylic acids is 3. The molecule has 0 saturated heterocycles. The summed E-state index contributed by atoms with van der Waals surface area (Å²) in [6.07, 6.45) is 4.49. The van der Waals surface area contributed by atoms with Crippen LogP contribution in [0.1, 0.15) is 27.2 Å². The van der Waals surface area contributed by atoms with E-state index in [2.05, 4.69) is 5.73 Å². The van der Waals surface area contributed by atoms with Gasteiger partial charge in [-0.25, -0.2) is 0 Å². The lowest BCUT2D eigenvalue weighted by Gasteiger charge is -2.09. The lowest BCUT2D eigenvalue weighted by Crippen LogP contribution is -2.04. The minimum absolute atomic E-state index is 0.0616. The Morgan fingerprint density at radius 2 is 1.60 bits per heavy atom. The number of carbonyl (C=O) groups is 3. The fraction of sp³-hybridized carbons (Fsp3) is 0.286. The summed E-state index contributed by atoms with van der Waals surface area (Å²) in [5.41, 5.74) is 2.65. The van der Waals surface area contributed by atoms with Gasteiger partial charge in [-0.15, -0.1) is 0 Å². The van der Waals surface area contributed by atoms with Crippen molar-refractivity contribution < 1.29 is 28.6 Å². The molecule has 6 nitrogen and oxygen atoms in total. The molecule has 0 bridgehead atoms. The standard InChI is InChI=1S/C14H14O6/c1-9(15)18-12-4-6-13(19-10(2)16)8-14(7-5-12)20-11(3)17/h4-5,8H,6H2,1-3H3/b12-4+,13-8+. The highest BCUT2D eigenvalue weighted by molar-refractivity contribution is 5.69. The molecule has 0 fully saturated rings. The van der Waals surface area contributed by atoms with E-state index in [1.54, 1.807) is 6.08 Å². The number of ether oxygens (including phenoxy) is 3. The van der Waals surface area contributed by atoms with Crippen molar-refractivity contribution in [3.8, 4) is 0 Å². The molecule has 1 aliphatic rings. The molecule has 1 aliphatic carbocycles. The van der Waals surface area contributed by atoms with Crippen molar-refractivity contribution in [2.24, 2.45) is 0 Å². The maximum Gasteiger partial charge on any atom is 0.308 e. The third-order valence-electron chi connectivity index (χ3n) is 1.94. The van der Waals surface area contributed by atoms with E-state index in [-0.39, 0.29) is 23.7 Å². The monoisotopic (exact) mass is 278 g/mol. The molecule has 0 aromatic heterocycles. The molecule has 0 saturated carbocycles. The number of esters is 3. The Morgan fingerprint density at radius 1 is 1.00 bits per heavy atom. The SMILES string of the molecule is CC(=O)OC1=C=C/C(OC(C)=O)=C\C/C(OC(C)=O)=C\1. The highest BCUT2D eigenvalue weighted by Gasteiger charge is 2.09. The third-order valence-corrected chi connectivity index (χ3v) is 1.94. The molecular weight excluding hydrogens is 264 g/mol. The molecule has 20 heavy (non-hydrogen) atoms. The highest BCUT2D eigenvalue weighted by atomic mass is 16.5. The van der Waals surface area contributed by atoms with Crippen molar-refractivity contribution in [1.82, 2.24) is 0 Å². The normalized spacial score (nSPS) is 19.2. The molecule has 1 rings (SSSR count). The van der Waals surface area contributed by atoms with Gasteiger partial charge in [0.1, 0.15) is 11.5 Å². The van der Waals surface area contributed by atoms with Gasteiger partial charge in [-0.05, 0) is 6.08 Å². The fourth-order valence-electron chi connectivity index (χ4n) is 1.36. The Hall–Kier alpha value is -2.59. The quantitative estimate of drug-likeness (QED) is 0.445. The van der Waals surface area contributed by atoms with Crippen molar-refractivity contribution in [3.63, 3.8) is 0 Å². The Balaban J connectivity index is 3.09. The maximum absolute atomic E-state index is 11.0. The first kappa shape index (κ1) is 15.5. The summed E-state index contributed by atoms with van der Waals surface area (Å²) in [5, 5.41) is 0. The van der Waals surface area contributed by atoms with Gasteiger partial charge in [0.05, 0.1) is 0 Å². The largest absolute Gasteiger partial charge is 0.431 e. The van der Waals surface area contributed by atoms with Gasteiger partial charge in [0, 0.05) is 39.3 Å². The summed E-state index contributed by atoms with van der Waals surface area (Å²) in [7, 11) is 0. The lowest BCUT2D eigenvalue weighted by molar-refractivity contribution is -0.138. The van der Waals surface area contributed by atoms with Gasteiger partial charge in [0.25, 0.3) is 0 Å². The summed E-state index contributed by atoms with van der Waals surface area (Å²) >= 11 is 0. The van der Waals surface area contributed by atoms with E-state index in [0.717, 1.165) is 0 Å². The highest BCUT2D eigenvalue weighted by Crippen LogP contribution is 2.16. The van der Waals surface area contributed by atoms with Crippen LogP contribution in [0, 0.1) is 0 Å². The Bertz CT molecular complexity index is 558. The van der Waals surface area contributed by atoms with E-state index in [0.29, 0.717) is 0 Å². The molecule has 106 valence electrons. The second-order valence-electron chi connectivity index (χ2n) is 3.86. The maximum atomic E-state index is 11.0. The van der Waals surface area contributed by atoms with Gasteiger partial charge in [-0.2, -0.15) is 0 Å². The smallest absolute Gasteiger partial charge is 0.308 e. The molecule has 6 heteroatoms. The van der Waals surface area contributed by atoms with Gasteiger partial charge in [0.15, 0.2) is 5.76 Å². The molecule has 0 heterocycles. The molecule has 0 atom stereocenters. The van der Waals surface area contributed by atoms with Crippen LogP contribution >= 0.6 is 0 Å². The van der Waals surface area contributed by atoms with Crippen molar-refractivity contribution in [1.29, 1.82) is 0 Å². The summed E-state index contributed by atoms with van der Waals surface area (Å²) in [5.74, 6) is -1.02. The zero-order chi connectivity index (χ0) is 15.1. The molecule has 0 amide bonds. The second-order valence-corrected chi connectivity index (χ2v) is 3.86. The van der Waals surface area contributed by atoms with E-state index in [1.807, 2.05) is 0 Å². The first-order valence-electron chi connectivity index (χ1n) is 5.79. The molecule has 0 unspecified atom stereocenters. The molecule has 0 aromatic rings. The first-order chi connectivity index (χ1) is 9.36. The van der Waals surface area contributed by atoms with Crippen LogP contribution in [0.3, 0.4) is 0 Å². The fourth-order valence-corrected chi connectivity index (χ4v) is 1.36. The Morgan fingerprint density at radius 3 is 2.15 bits per heavy atom. The van der Waals surface area contributed by atoms with E-state index >= 15 is 0 Å². The van der Waals surface area contributed by atoms with Crippen molar-refractivity contribution >= 4 is 17.9 Å². The minimum Gasteiger partial charge on any atom is -0.431 e. The number of rotatable bonds is 3. The van der Waals surface area contributed by atoms with Crippen molar-refractivity contribution in [2.45, 2.75) is 27.2 Å². The van der Waals surface area contributed by atoms with E-state index in [1.165, 1.54) is 32.9 Å². The van der Waals surface area contributed by atoms with Gasteiger partial charge in [-0.1, -0.05) is 5.73 Å². The van der Waals surface area contributed by atoms with Gasteiger partial charge >= 0.3 is 17.9 Å². The van der Waals surface area contributed by atoms with E-state index < -0.39 is 17.9 Å². The second kappa shape index (κ2) is 7.11. The van der Waals surface area contributed by atoms with Crippen LogP contribution in [-0.4, -0.2) is 17.9 Å². The predicted molar refractivity (Wildman–Crippen MR) is 67.7 cm³/mol. The third kappa shape index (κ3) is 5.84. The Kier molecular flexibility index (Phi) is 5.50. The van der Waals surface area contributed by atoms with E-state index in [4.69, 9.17) is 14.2 Å². The lowest BCUT2D eigenvalue weighted by atomic mass is 10.2. The summed E-state index contributed by atoms with van der Waals surface area (Å²) in [4.78, 5) is 32.9. The van der Waals surface area contributed by atoms with E-state index in [9.17, 15) is 14.4 Å². The van der Waals surface area contributed by atoms with Crippen molar-refractivity contribution in [3.05, 3.63) is 41.2 Å². The molecule has 0 aromatic carbocycles. The first-order valence-corrected chi connectivity index (χ1v) is 5.79. The van der Waals surface area contributed by atoms with Crippen LogP contribution in [0.25, 0.3) is 0 Å². The van der Waals surface area contributed by atoms with Crippen LogP contribution in [0.5, 0.6) is 0 Å². The zero-order valence-electron chi connectivity index (χ0n) is 11.4. The average molecular weight is 278 g/mol. The summed E-state index contributed by atoms with van der Waals surface area (Å²) in [6.45, 7) is 3.74. The van der Waals surface area contributed by atoms with Crippen LogP contribution < -0.4 is 0 Å². The van der Waals surface area contributed by atoms with Crippen LogP contribution in [-0.2, 0) is 28.6 Å². The Labute approximate surface area is 116 Å². The molecule has 0 N–H and O–H groups in total. The van der Waals surface area contributed by atoms with Gasteiger partial charge in [0.2, 0.25) is 0 Å². The molecule has 0 radical (unpaired) electrons. The van der Waals surface area contributed by atoms with Crippen molar-refractivity contribution in [2.75, 3.05) is 0 Å². The zero-order valence-corrected chi connectivity index (χ0v) is 11.4. The number of hydrogen-bond acceptors (Lipinski definition) is 6. The topological polar surface area (TPSA) is 78.9 Å². The summed E-state index contributed by atoms with van der Waals surface area (Å²) in [6, 6.07) is 0. The van der Waals surface area contributed by atoms with Crippen LogP contribution in [0.15, 0.2) is 41.2 Å². The average Bonchev–Trinajstić information content (AvgIpc) is 2.27. The summed E-state index contributed by atoms with van der Waals surface area (Å²) < 4.78 is 14.8.